The Labute approximate surface area is 110 Å². The number of H-pyrrole nitrogens is 1. The van der Waals surface area contributed by atoms with E-state index in [1.165, 1.54) is 12.7 Å². The Morgan fingerprint density at radius 2 is 2.47 bits per heavy atom. The fourth-order valence-electron chi connectivity index (χ4n) is 2.23. The lowest BCUT2D eigenvalue weighted by atomic mass is 10.2. The third kappa shape index (κ3) is 2.10. The molecular weight excluding hydrogens is 268 g/mol. The van der Waals surface area contributed by atoms with E-state index in [0.29, 0.717) is 18.7 Å². The second kappa shape index (κ2) is 4.85. The summed E-state index contributed by atoms with van der Waals surface area (Å²) in [5.41, 5.74) is 0.280. The number of hydrogen-bond donors (Lipinski definition) is 2. The molecule has 0 aromatic carbocycles. The number of nitrogens with one attached hydrogen (secondary N) is 1. The first-order valence-electron chi connectivity index (χ1n) is 5.73. The molecule has 19 heavy (non-hydrogen) atoms. The van der Waals surface area contributed by atoms with Gasteiger partial charge in [-0.2, -0.15) is 0 Å². The number of rotatable bonds is 3. The van der Waals surface area contributed by atoms with Crippen molar-refractivity contribution in [1.82, 2.24) is 19.5 Å². The van der Waals surface area contributed by atoms with Gasteiger partial charge in [-0.05, 0) is 0 Å². The van der Waals surface area contributed by atoms with Crippen molar-refractivity contribution >= 4 is 21.6 Å². The maximum atomic E-state index is 11.6. The number of fused-ring (bicyclic) bond motifs is 1. The summed E-state index contributed by atoms with van der Waals surface area (Å²) in [6.07, 6.45) is 1.63. The third-order valence-electron chi connectivity index (χ3n) is 3.07. The van der Waals surface area contributed by atoms with Crippen molar-refractivity contribution in [3.8, 4) is 0 Å². The predicted molar refractivity (Wildman–Crippen MR) is 64.4 cm³/mol. The number of hydrogen-bond acceptors (Lipinski definition) is 6. The van der Waals surface area contributed by atoms with Crippen LogP contribution in [-0.4, -0.2) is 53.9 Å². The molecule has 1 saturated heterocycles. The van der Waals surface area contributed by atoms with Crippen LogP contribution in [0.4, 0.5) is 0 Å². The van der Waals surface area contributed by atoms with Crippen molar-refractivity contribution in [3.63, 3.8) is 0 Å². The predicted octanol–water partition coefficient (Wildman–Crippen LogP) is -1.13. The molecule has 1 unspecified atom stereocenters. The highest BCUT2D eigenvalue weighted by Crippen LogP contribution is 2.30. The number of aromatic nitrogens is 4. The van der Waals surface area contributed by atoms with Crippen molar-refractivity contribution < 1.29 is 14.3 Å². The fraction of sp³-hybridized carbons (Fsp3) is 0.500. The molecule has 8 nitrogen and oxygen atoms in total. The van der Waals surface area contributed by atoms with E-state index in [9.17, 15) is 9.90 Å². The molecule has 2 aromatic heterocycles. The first-order valence-corrected chi connectivity index (χ1v) is 6.14. The maximum absolute atomic E-state index is 11.6. The number of ether oxygens (including phenoxy) is 1. The van der Waals surface area contributed by atoms with E-state index < -0.39 is 12.3 Å². The lowest BCUT2D eigenvalue weighted by Crippen LogP contribution is -2.20. The summed E-state index contributed by atoms with van der Waals surface area (Å²) >= 11 is 0. The van der Waals surface area contributed by atoms with Crippen LogP contribution in [0.15, 0.2) is 17.4 Å². The van der Waals surface area contributed by atoms with Gasteiger partial charge in [-0.25, -0.2) is 9.97 Å². The minimum absolute atomic E-state index is 0.220. The lowest BCUT2D eigenvalue weighted by molar-refractivity contribution is -0.0451. The van der Waals surface area contributed by atoms with Gasteiger partial charge in [0.1, 0.15) is 6.10 Å². The molecule has 3 radical (unpaired) electrons. The van der Waals surface area contributed by atoms with Gasteiger partial charge in [0, 0.05) is 6.42 Å². The second-order valence-corrected chi connectivity index (χ2v) is 4.61. The molecule has 3 heterocycles. The third-order valence-corrected chi connectivity index (χ3v) is 3.24. The number of imidazole rings is 1. The molecule has 0 saturated carbocycles. The molecule has 0 spiro atoms. The first kappa shape index (κ1) is 12.5. The van der Waals surface area contributed by atoms with Crippen LogP contribution in [0.1, 0.15) is 12.6 Å². The molecule has 0 aliphatic carbocycles. The highest BCUT2D eigenvalue weighted by molar-refractivity contribution is 5.97. The zero-order valence-corrected chi connectivity index (χ0v) is 10.8. The van der Waals surface area contributed by atoms with E-state index in [4.69, 9.17) is 9.16 Å². The van der Waals surface area contributed by atoms with Crippen molar-refractivity contribution in [1.29, 1.82) is 0 Å². The monoisotopic (exact) mass is 279 g/mol. The van der Waals surface area contributed by atoms with Crippen LogP contribution in [0.25, 0.3) is 11.2 Å². The highest BCUT2D eigenvalue weighted by atomic mass is 28.2. The van der Waals surface area contributed by atoms with Gasteiger partial charge in [0.2, 0.25) is 10.5 Å². The van der Waals surface area contributed by atoms with Gasteiger partial charge in [-0.1, -0.05) is 0 Å². The molecular formula is C10H11N4O4Si. The smallest absolute Gasteiger partial charge is 0.278 e. The molecule has 3 rings (SSSR count). The summed E-state index contributed by atoms with van der Waals surface area (Å²) in [7, 11) is 2.91. The van der Waals surface area contributed by atoms with Crippen LogP contribution in [-0.2, 0) is 9.16 Å². The highest BCUT2D eigenvalue weighted by Gasteiger charge is 2.36. The average molecular weight is 279 g/mol. The zero-order chi connectivity index (χ0) is 13.4. The van der Waals surface area contributed by atoms with Crippen LogP contribution in [0, 0.1) is 0 Å². The lowest BCUT2D eigenvalue weighted by Gasteiger charge is -2.16. The SMILES string of the molecule is O=c1[nH]cnc2c1ncn2[C@@H]1O[C@H](CO[Si])CC1O. The molecule has 0 bridgehead atoms. The summed E-state index contributed by atoms with van der Waals surface area (Å²) in [4.78, 5) is 22.1. The van der Waals surface area contributed by atoms with Crippen LogP contribution in [0.2, 0.25) is 0 Å². The Morgan fingerprint density at radius 1 is 1.63 bits per heavy atom. The van der Waals surface area contributed by atoms with Crippen molar-refractivity contribution in [2.24, 2.45) is 0 Å². The Morgan fingerprint density at radius 3 is 3.26 bits per heavy atom. The van der Waals surface area contributed by atoms with Gasteiger partial charge in [-0.15, -0.1) is 0 Å². The molecule has 99 valence electrons. The molecule has 1 aliphatic rings. The average Bonchev–Trinajstić information content (AvgIpc) is 2.94. The summed E-state index contributed by atoms with van der Waals surface area (Å²) in [5, 5.41) is 10.0. The molecule has 3 atom stereocenters. The zero-order valence-electron chi connectivity index (χ0n) is 9.81. The number of aliphatic hydroxyl groups excluding tert-OH is 1. The molecule has 9 heteroatoms. The fourth-order valence-corrected chi connectivity index (χ4v) is 2.42. The van der Waals surface area contributed by atoms with E-state index in [1.54, 1.807) is 4.57 Å². The standard InChI is InChI=1S/C10H11N4O4Si/c15-6-1-5(2-17-19)18-10(6)14-4-13-7-8(14)11-3-12-9(7)16/h3-6,10,15H,1-2H2,(H,11,12,16)/t5-,6?,10+/m0/s1. The van der Waals surface area contributed by atoms with E-state index in [2.05, 4.69) is 25.4 Å². The summed E-state index contributed by atoms with van der Waals surface area (Å²) < 4.78 is 12.0. The van der Waals surface area contributed by atoms with Gasteiger partial charge in [0.05, 0.1) is 25.4 Å². The second-order valence-electron chi connectivity index (χ2n) is 4.32. The van der Waals surface area contributed by atoms with Crippen LogP contribution in [0.3, 0.4) is 0 Å². The van der Waals surface area contributed by atoms with Crippen LogP contribution < -0.4 is 5.56 Å². The molecule has 1 aliphatic heterocycles. The summed E-state index contributed by atoms with van der Waals surface area (Å²) in [5.74, 6) is 0. The summed E-state index contributed by atoms with van der Waals surface area (Å²) in [6.45, 7) is 0.324. The van der Waals surface area contributed by atoms with E-state index in [1.807, 2.05) is 0 Å². The number of nitrogens with zero attached hydrogens (tertiary/aromatic N) is 3. The van der Waals surface area contributed by atoms with Gasteiger partial charge in [0.15, 0.2) is 17.4 Å². The molecule has 2 N–H and O–H groups in total. The first-order chi connectivity index (χ1) is 9.20. The van der Waals surface area contributed by atoms with Gasteiger partial charge in [0.25, 0.3) is 5.56 Å². The molecule has 1 fully saturated rings. The Bertz CT molecular complexity index is 642. The molecule has 0 amide bonds. The molecule has 2 aromatic rings. The van der Waals surface area contributed by atoms with E-state index in [0.717, 1.165) is 0 Å². The number of aromatic amines is 1. The Hall–Kier alpha value is -1.55. The van der Waals surface area contributed by atoms with Crippen molar-refractivity contribution in [3.05, 3.63) is 23.0 Å². The Kier molecular flexibility index (Phi) is 3.19. The topological polar surface area (TPSA) is 102 Å². The normalized spacial score (nSPS) is 27.2. The van der Waals surface area contributed by atoms with Crippen LogP contribution in [0.5, 0.6) is 0 Å². The van der Waals surface area contributed by atoms with Crippen molar-refractivity contribution in [2.75, 3.05) is 6.61 Å². The minimum atomic E-state index is -0.703. The number of aliphatic hydroxyl groups is 1. The van der Waals surface area contributed by atoms with Gasteiger partial charge in [-0.3, -0.25) is 9.36 Å². The van der Waals surface area contributed by atoms with E-state index >= 15 is 0 Å². The minimum Gasteiger partial charge on any atom is -0.416 e. The van der Waals surface area contributed by atoms with Crippen molar-refractivity contribution in [2.45, 2.75) is 24.9 Å². The van der Waals surface area contributed by atoms with Crippen LogP contribution >= 0.6 is 0 Å². The van der Waals surface area contributed by atoms with E-state index in [-0.39, 0.29) is 17.2 Å². The van der Waals surface area contributed by atoms with Gasteiger partial charge < -0.3 is 19.3 Å². The largest absolute Gasteiger partial charge is 0.416 e. The Balaban J connectivity index is 1.97. The quantitative estimate of drug-likeness (QED) is 0.689. The van der Waals surface area contributed by atoms with Gasteiger partial charge >= 0.3 is 0 Å². The summed E-state index contributed by atoms with van der Waals surface area (Å²) in [6, 6.07) is 0. The maximum Gasteiger partial charge on any atom is 0.278 e.